The number of hydrogen-bond acceptors (Lipinski definition) is 5. The van der Waals surface area contributed by atoms with E-state index in [1.807, 2.05) is 72.9 Å². The van der Waals surface area contributed by atoms with Gasteiger partial charge in [0.25, 0.3) is 0 Å². The first-order chi connectivity index (χ1) is 25.8. The van der Waals surface area contributed by atoms with E-state index < -0.39 is 0 Å². The average Bonchev–Trinajstić information content (AvgIpc) is 3.23. The fourth-order valence-electron chi connectivity index (χ4n) is 7.63. The molecule has 8 aromatic rings. The van der Waals surface area contributed by atoms with Gasteiger partial charge in [0.1, 0.15) is 0 Å². The van der Waals surface area contributed by atoms with Crippen molar-refractivity contribution in [3.63, 3.8) is 0 Å². The first kappa shape index (κ1) is 30.0. The molecule has 0 atom stereocenters. The van der Waals surface area contributed by atoms with Crippen molar-refractivity contribution in [2.45, 2.75) is 0 Å². The van der Waals surface area contributed by atoms with Crippen molar-refractivity contribution in [3.8, 4) is 56.4 Å². The van der Waals surface area contributed by atoms with Crippen LogP contribution < -0.4 is 10.3 Å². The number of pyridine rings is 1. The molecule has 0 unspecified atom stereocenters. The summed E-state index contributed by atoms with van der Waals surface area (Å²) >= 11 is 0. The van der Waals surface area contributed by atoms with Gasteiger partial charge >= 0.3 is 6.85 Å². The molecule has 242 valence electrons. The predicted octanol–water partition coefficient (Wildman–Crippen LogP) is 9.92. The van der Waals surface area contributed by atoms with Crippen LogP contribution in [0.15, 0.2) is 182 Å². The molecular formula is C46H30BN5. The molecule has 10 rings (SSSR count). The highest BCUT2D eigenvalue weighted by Crippen LogP contribution is 2.46. The van der Waals surface area contributed by atoms with Crippen LogP contribution in [0, 0.1) is 0 Å². The molecule has 0 aliphatic carbocycles. The number of para-hydroxylation sites is 2. The van der Waals surface area contributed by atoms with Gasteiger partial charge in [0.2, 0.25) is 0 Å². The van der Waals surface area contributed by atoms with Gasteiger partial charge in [0, 0.05) is 50.8 Å². The molecule has 0 radical (unpaired) electrons. The van der Waals surface area contributed by atoms with Crippen LogP contribution in [0.5, 0.6) is 0 Å². The molecule has 2 aliphatic heterocycles. The van der Waals surface area contributed by atoms with Gasteiger partial charge in [-0.15, -0.1) is 0 Å². The molecule has 0 spiro atoms. The summed E-state index contributed by atoms with van der Waals surface area (Å²) in [7, 11) is 0. The first-order valence-electron chi connectivity index (χ1n) is 17.5. The smallest absolute Gasteiger partial charge is 0.321 e. The van der Waals surface area contributed by atoms with Crippen molar-refractivity contribution in [1.82, 2.24) is 19.9 Å². The summed E-state index contributed by atoms with van der Waals surface area (Å²) in [4.78, 5) is 22.7. The number of fused-ring (bicyclic) bond motifs is 7. The minimum absolute atomic E-state index is 0.0734. The summed E-state index contributed by atoms with van der Waals surface area (Å²) in [5.41, 5.74) is 12.9. The zero-order valence-corrected chi connectivity index (χ0v) is 28.1. The zero-order chi connectivity index (χ0) is 34.4. The number of benzene rings is 6. The van der Waals surface area contributed by atoms with Crippen molar-refractivity contribution < 1.29 is 0 Å². The van der Waals surface area contributed by atoms with Crippen LogP contribution in [0.25, 0.3) is 73.0 Å². The van der Waals surface area contributed by atoms with Crippen LogP contribution in [0.2, 0.25) is 0 Å². The minimum atomic E-state index is -0.0734. The van der Waals surface area contributed by atoms with Crippen LogP contribution in [-0.2, 0) is 0 Å². The molecule has 5 nitrogen and oxygen atoms in total. The maximum absolute atomic E-state index is 5.18. The molecule has 0 fully saturated rings. The molecule has 52 heavy (non-hydrogen) atoms. The Morgan fingerprint density at radius 1 is 0.481 bits per heavy atom. The van der Waals surface area contributed by atoms with Gasteiger partial charge in [-0.05, 0) is 46.4 Å². The zero-order valence-electron chi connectivity index (χ0n) is 28.1. The van der Waals surface area contributed by atoms with Crippen molar-refractivity contribution in [1.29, 1.82) is 0 Å². The fraction of sp³-hybridized carbons (Fsp3) is 0. The molecule has 0 N–H and O–H groups in total. The van der Waals surface area contributed by atoms with Crippen LogP contribution >= 0.6 is 0 Å². The third-order valence-electron chi connectivity index (χ3n) is 9.96. The lowest BCUT2D eigenvalue weighted by Gasteiger charge is -2.41. The van der Waals surface area contributed by atoms with Crippen molar-refractivity contribution in [2.75, 3.05) is 4.81 Å². The minimum Gasteiger partial charge on any atom is -0.376 e. The van der Waals surface area contributed by atoms with Crippen LogP contribution in [0.4, 0.5) is 5.69 Å². The molecule has 0 saturated carbocycles. The summed E-state index contributed by atoms with van der Waals surface area (Å²) < 4.78 is 0. The van der Waals surface area contributed by atoms with Gasteiger partial charge in [-0.3, -0.25) is 4.98 Å². The number of aromatic nitrogens is 4. The maximum atomic E-state index is 5.18. The predicted molar refractivity (Wildman–Crippen MR) is 214 cm³/mol. The van der Waals surface area contributed by atoms with E-state index in [1.165, 1.54) is 27.8 Å². The summed E-state index contributed by atoms with van der Waals surface area (Å²) in [5.74, 6) is 4.19. The lowest BCUT2D eigenvalue weighted by molar-refractivity contribution is 1.07. The van der Waals surface area contributed by atoms with Gasteiger partial charge in [-0.1, -0.05) is 152 Å². The molecule has 2 aliphatic rings. The average molecular weight is 664 g/mol. The second kappa shape index (κ2) is 12.4. The van der Waals surface area contributed by atoms with Gasteiger partial charge in [-0.25, -0.2) is 15.0 Å². The Kier molecular flexibility index (Phi) is 7.17. The second-order valence-corrected chi connectivity index (χ2v) is 13.0. The van der Waals surface area contributed by atoms with Crippen molar-refractivity contribution in [3.05, 3.63) is 188 Å². The number of allylic oxidation sites excluding steroid dienone is 2. The molecule has 0 bridgehead atoms. The summed E-state index contributed by atoms with van der Waals surface area (Å²) in [6, 6.07) is 54.8. The lowest BCUT2D eigenvalue weighted by Crippen LogP contribution is -2.51. The van der Waals surface area contributed by atoms with Gasteiger partial charge in [0.05, 0.1) is 5.52 Å². The van der Waals surface area contributed by atoms with Crippen LogP contribution in [-0.4, -0.2) is 26.8 Å². The maximum Gasteiger partial charge on any atom is 0.321 e. The molecule has 0 amide bonds. The Morgan fingerprint density at radius 2 is 1.08 bits per heavy atom. The van der Waals surface area contributed by atoms with E-state index in [1.54, 1.807) is 0 Å². The monoisotopic (exact) mass is 663 g/mol. The Bertz CT molecular complexity index is 2630. The van der Waals surface area contributed by atoms with Crippen molar-refractivity contribution in [2.24, 2.45) is 0 Å². The molecule has 6 aromatic carbocycles. The Hall–Kier alpha value is -6.92. The van der Waals surface area contributed by atoms with Crippen molar-refractivity contribution >= 4 is 34.6 Å². The quantitative estimate of drug-likeness (QED) is 0.172. The van der Waals surface area contributed by atoms with E-state index >= 15 is 0 Å². The number of hydrogen-bond donors (Lipinski definition) is 0. The standard InChI is InChI=1S/C46H30BN5/c1-4-15-31(16-5-1)40-26-13-27-47-39-30-35(46-50-44(33-17-6-2-7-18-33)49-45(51-46)34-19-8-3-9-20-34)29-38(36-24-12-21-32-22-14-28-48-43(32)36)42(39)37-23-10-11-25-41(37)52(40)47/h1-30H. The largest absolute Gasteiger partial charge is 0.376 e. The van der Waals surface area contributed by atoms with Gasteiger partial charge in [-0.2, -0.15) is 0 Å². The second-order valence-electron chi connectivity index (χ2n) is 13.0. The molecule has 0 saturated heterocycles. The van der Waals surface area contributed by atoms with Gasteiger partial charge < -0.3 is 4.81 Å². The number of rotatable bonds is 5. The highest BCUT2D eigenvalue weighted by Gasteiger charge is 2.38. The third-order valence-corrected chi connectivity index (χ3v) is 9.96. The lowest BCUT2D eigenvalue weighted by atomic mass is 9.48. The van der Waals surface area contributed by atoms with E-state index in [9.17, 15) is 0 Å². The first-order valence-corrected chi connectivity index (χ1v) is 17.5. The summed E-state index contributed by atoms with van der Waals surface area (Å²) in [6.45, 7) is -0.0734. The van der Waals surface area contributed by atoms with E-state index in [-0.39, 0.29) is 6.85 Å². The fourth-order valence-corrected chi connectivity index (χ4v) is 7.63. The Morgan fingerprint density at radius 3 is 1.79 bits per heavy atom. The van der Waals surface area contributed by atoms with Crippen LogP contribution in [0.1, 0.15) is 5.56 Å². The molecule has 4 heterocycles. The third kappa shape index (κ3) is 5.04. The number of nitrogens with zero attached hydrogens (tertiary/aromatic N) is 5. The normalized spacial score (nSPS) is 13.0. The topological polar surface area (TPSA) is 54.8 Å². The SMILES string of the molecule is C1=CB2c3cc(-c4nc(-c5ccccc5)nc(-c5ccccc5)n4)cc(-c4cccc5cccnc45)c3-c3ccccc3N2C(c2ccccc2)=C1. The number of anilines is 1. The highest BCUT2D eigenvalue weighted by molar-refractivity contribution is 6.85. The molecule has 6 heteroatoms. The Balaban J connectivity index is 1.28. The molecular weight excluding hydrogens is 633 g/mol. The van der Waals surface area contributed by atoms with Crippen LogP contribution in [0.3, 0.4) is 0 Å². The van der Waals surface area contributed by atoms with E-state index in [2.05, 4.69) is 114 Å². The summed E-state index contributed by atoms with van der Waals surface area (Å²) in [5, 5.41) is 1.09. The van der Waals surface area contributed by atoms with E-state index in [4.69, 9.17) is 19.9 Å². The highest BCUT2D eigenvalue weighted by atomic mass is 15.1. The summed E-state index contributed by atoms with van der Waals surface area (Å²) in [6.07, 6.45) is 6.29. The molecule has 2 aromatic heterocycles. The van der Waals surface area contributed by atoms with E-state index in [0.717, 1.165) is 44.4 Å². The van der Waals surface area contributed by atoms with Gasteiger partial charge in [0.15, 0.2) is 17.5 Å². The van der Waals surface area contributed by atoms with E-state index in [0.29, 0.717) is 17.5 Å². The Labute approximate surface area is 302 Å².